The van der Waals surface area contributed by atoms with Crippen LogP contribution in [0, 0.1) is 17.0 Å². The van der Waals surface area contributed by atoms with Crippen LogP contribution in [-0.4, -0.2) is 15.9 Å². The fraction of sp³-hybridized carbons (Fsp3) is 0.133. The number of hydrogen-bond donors (Lipinski definition) is 2. The summed E-state index contributed by atoms with van der Waals surface area (Å²) in [6.45, 7) is 1.91. The number of amides is 1. The van der Waals surface area contributed by atoms with Crippen molar-refractivity contribution >= 4 is 17.3 Å². The second-order valence-corrected chi connectivity index (χ2v) is 4.64. The Balaban J connectivity index is 2.18. The average molecular weight is 286 g/mol. The Morgan fingerprint density at radius 3 is 2.67 bits per heavy atom. The molecule has 0 aromatic heterocycles. The number of nitrogens with zero attached hydrogens (tertiary/aromatic N) is 1. The molecule has 0 radical (unpaired) electrons. The zero-order valence-corrected chi connectivity index (χ0v) is 11.4. The van der Waals surface area contributed by atoms with Crippen LogP contribution in [0.1, 0.15) is 11.1 Å². The van der Waals surface area contributed by atoms with Gasteiger partial charge < -0.3 is 10.4 Å². The standard InChI is InChI=1S/C15H14N2O4/c1-10-4-2-5-11(8-10)9-14(19)16-15-12(17(20)21)6-3-7-13(15)18/h2-8,18H,9H2,1H3,(H,16,19). The third-order valence-corrected chi connectivity index (χ3v) is 2.93. The SMILES string of the molecule is Cc1cccc(CC(=O)Nc2c(O)cccc2[N+](=O)[O-])c1. The predicted molar refractivity (Wildman–Crippen MR) is 78.3 cm³/mol. The van der Waals surface area contributed by atoms with Crippen molar-refractivity contribution in [3.05, 3.63) is 63.7 Å². The summed E-state index contributed by atoms with van der Waals surface area (Å²) in [4.78, 5) is 22.2. The number of benzene rings is 2. The highest BCUT2D eigenvalue weighted by Gasteiger charge is 2.19. The lowest BCUT2D eigenvalue weighted by Gasteiger charge is -2.08. The van der Waals surface area contributed by atoms with Gasteiger partial charge in [0.1, 0.15) is 5.75 Å². The first-order valence-corrected chi connectivity index (χ1v) is 6.29. The number of para-hydroxylation sites is 1. The first kappa shape index (κ1) is 14.5. The van der Waals surface area contributed by atoms with E-state index < -0.39 is 10.8 Å². The molecule has 6 heteroatoms. The largest absolute Gasteiger partial charge is 0.505 e. The molecule has 2 N–H and O–H groups in total. The lowest BCUT2D eigenvalue weighted by molar-refractivity contribution is -0.384. The van der Waals surface area contributed by atoms with Crippen LogP contribution in [0.25, 0.3) is 0 Å². The molecule has 0 saturated heterocycles. The van der Waals surface area contributed by atoms with E-state index in [1.165, 1.54) is 18.2 Å². The quantitative estimate of drug-likeness (QED) is 0.513. The third kappa shape index (κ3) is 3.56. The van der Waals surface area contributed by atoms with Gasteiger partial charge >= 0.3 is 0 Å². The first-order valence-electron chi connectivity index (χ1n) is 6.29. The minimum atomic E-state index is -0.651. The van der Waals surface area contributed by atoms with Gasteiger partial charge in [-0.15, -0.1) is 0 Å². The van der Waals surface area contributed by atoms with Gasteiger partial charge in [-0.1, -0.05) is 35.9 Å². The number of aryl methyl sites for hydroxylation is 1. The average Bonchev–Trinajstić information content (AvgIpc) is 2.40. The summed E-state index contributed by atoms with van der Waals surface area (Å²) in [5, 5.41) is 23.0. The van der Waals surface area contributed by atoms with Crippen molar-refractivity contribution in [1.82, 2.24) is 0 Å². The van der Waals surface area contributed by atoms with Crippen LogP contribution in [-0.2, 0) is 11.2 Å². The Hall–Kier alpha value is -2.89. The molecule has 0 aliphatic rings. The van der Waals surface area contributed by atoms with Gasteiger partial charge in [0.25, 0.3) is 5.69 Å². The molecule has 2 rings (SSSR count). The number of nitro benzene ring substituents is 1. The molecule has 0 aliphatic heterocycles. The predicted octanol–water partition coefficient (Wildman–Crippen LogP) is 2.79. The number of nitro groups is 1. The van der Waals surface area contributed by atoms with E-state index in [1.807, 2.05) is 25.1 Å². The molecular weight excluding hydrogens is 272 g/mol. The van der Waals surface area contributed by atoms with E-state index in [9.17, 15) is 20.0 Å². The molecule has 0 bridgehead atoms. The van der Waals surface area contributed by atoms with Crippen molar-refractivity contribution in [2.45, 2.75) is 13.3 Å². The molecule has 0 atom stereocenters. The van der Waals surface area contributed by atoms with Gasteiger partial charge in [0.15, 0.2) is 5.69 Å². The number of nitrogens with one attached hydrogen (secondary N) is 1. The molecule has 0 unspecified atom stereocenters. The summed E-state index contributed by atoms with van der Waals surface area (Å²) in [7, 11) is 0. The van der Waals surface area contributed by atoms with E-state index in [0.717, 1.165) is 11.1 Å². The maximum Gasteiger partial charge on any atom is 0.296 e. The fourth-order valence-corrected chi connectivity index (χ4v) is 2.00. The molecule has 6 nitrogen and oxygen atoms in total. The van der Waals surface area contributed by atoms with Gasteiger partial charge in [0.2, 0.25) is 5.91 Å². The zero-order chi connectivity index (χ0) is 15.4. The monoisotopic (exact) mass is 286 g/mol. The van der Waals surface area contributed by atoms with Crippen molar-refractivity contribution in [3.8, 4) is 5.75 Å². The number of phenolic OH excluding ortho intramolecular Hbond substituents is 1. The lowest BCUT2D eigenvalue weighted by atomic mass is 10.1. The number of hydrogen-bond acceptors (Lipinski definition) is 4. The normalized spacial score (nSPS) is 10.1. The van der Waals surface area contributed by atoms with E-state index in [-0.39, 0.29) is 23.5 Å². The molecule has 0 aliphatic carbocycles. The van der Waals surface area contributed by atoms with E-state index in [2.05, 4.69) is 5.32 Å². The van der Waals surface area contributed by atoms with Crippen molar-refractivity contribution in [3.63, 3.8) is 0 Å². The smallest absolute Gasteiger partial charge is 0.296 e. The van der Waals surface area contributed by atoms with Crippen molar-refractivity contribution in [2.24, 2.45) is 0 Å². The van der Waals surface area contributed by atoms with Crippen LogP contribution in [0.5, 0.6) is 5.75 Å². The fourth-order valence-electron chi connectivity index (χ4n) is 2.00. The van der Waals surface area contributed by atoms with Crippen molar-refractivity contribution < 1.29 is 14.8 Å². The summed E-state index contributed by atoms with van der Waals surface area (Å²) in [6.07, 6.45) is 0.0766. The Morgan fingerprint density at radius 2 is 2.00 bits per heavy atom. The Bertz CT molecular complexity index is 698. The summed E-state index contributed by atoms with van der Waals surface area (Å²) >= 11 is 0. The first-order chi connectivity index (χ1) is 9.97. The van der Waals surface area contributed by atoms with Gasteiger partial charge in [-0.05, 0) is 18.6 Å². The Labute approximate surface area is 121 Å². The van der Waals surface area contributed by atoms with E-state index in [0.29, 0.717) is 0 Å². The maximum atomic E-state index is 12.0. The van der Waals surface area contributed by atoms with Crippen LogP contribution >= 0.6 is 0 Å². The van der Waals surface area contributed by atoms with Crippen LogP contribution in [0.3, 0.4) is 0 Å². The van der Waals surface area contributed by atoms with Gasteiger partial charge in [0, 0.05) is 6.07 Å². The second kappa shape index (κ2) is 6.04. The Morgan fingerprint density at radius 1 is 1.29 bits per heavy atom. The number of carbonyl (C=O) groups is 1. The van der Waals surface area contributed by atoms with Gasteiger partial charge in [-0.25, -0.2) is 0 Å². The van der Waals surface area contributed by atoms with Crippen LogP contribution in [0.2, 0.25) is 0 Å². The summed E-state index contributed by atoms with van der Waals surface area (Å²) in [6, 6.07) is 11.3. The topological polar surface area (TPSA) is 92.5 Å². The number of rotatable bonds is 4. The van der Waals surface area contributed by atoms with Crippen LogP contribution in [0.4, 0.5) is 11.4 Å². The van der Waals surface area contributed by atoms with Crippen LogP contribution in [0.15, 0.2) is 42.5 Å². The number of anilines is 1. The van der Waals surface area contributed by atoms with Gasteiger partial charge in [0.05, 0.1) is 11.3 Å². The highest BCUT2D eigenvalue weighted by Crippen LogP contribution is 2.33. The zero-order valence-electron chi connectivity index (χ0n) is 11.4. The molecule has 1 amide bonds. The molecule has 0 fully saturated rings. The number of aromatic hydroxyl groups is 1. The molecule has 108 valence electrons. The third-order valence-electron chi connectivity index (χ3n) is 2.93. The molecule has 2 aromatic rings. The molecule has 0 spiro atoms. The Kier molecular flexibility index (Phi) is 4.18. The minimum absolute atomic E-state index is 0.0766. The van der Waals surface area contributed by atoms with Crippen LogP contribution < -0.4 is 5.32 Å². The summed E-state index contributed by atoms with van der Waals surface area (Å²) < 4.78 is 0. The van der Waals surface area contributed by atoms with E-state index in [1.54, 1.807) is 6.07 Å². The molecule has 0 saturated carbocycles. The van der Waals surface area contributed by atoms with Gasteiger partial charge in [-0.3, -0.25) is 14.9 Å². The van der Waals surface area contributed by atoms with E-state index in [4.69, 9.17) is 0 Å². The second-order valence-electron chi connectivity index (χ2n) is 4.64. The molecular formula is C15H14N2O4. The summed E-state index contributed by atoms with van der Waals surface area (Å²) in [5.74, 6) is -0.757. The maximum absolute atomic E-state index is 12.0. The van der Waals surface area contributed by atoms with E-state index >= 15 is 0 Å². The summed E-state index contributed by atoms with van der Waals surface area (Å²) in [5.41, 5.74) is 1.30. The number of carbonyl (C=O) groups excluding carboxylic acids is 1. The highest BCUT2D eigenvalue weighted by molar-refractivity contribution is 5.96. The highest BCUT2D eigenvalue weighted by atomic mass is 16.6. The van der Waals surface area contributed by atoms with Crippen molar-refractivity contribution in [2.75, 3.05) is 5.32 Å². The van der Waals surface area contributed by atoms with Gasteiger partial charge in [-0.2, -0.15) is 0 Å². The van der Waals surface area contributed by atoms with Crippen molar-refractivity contribution in [1.29, 1.82) is 0 Å². The molecule has 0 heterocycles. The number of phenols is 1. The molecule has 21 heavy (non-hydrogen) atoms. The molecule has 2 aromatic carbocycles. The lowest BCUT2D eigenvalue weighted by Crippen LogP contribution is -2.15. The minimum Gasteiger partial charge on any atom is -0.505 e.